The Kier molecular flexibility index (Phi) is 6.07. The lowest BCUT2D eigenvalue weighted by Gasteiger charge is -2.11. The van der Waals surface area contributed by atoms with Crippen molar-refractivity contribution in [1.82, 2.24) is 5.32 Å². The second-order valence-electron chi connectivity index (χ2n) is 6.23. The molecule has 0 spiro atoms. The van der Waals surface area contributed by atoms with Crippen molar-refractivity contribution in [1.29, 1.82) is 0 Å². The van der Waals surface area contributed by atoms with Crippen LogP contribution in [0.5, 0.6) is 11.5 Å². The minimum atomic E-state index is -1.02. The number of benzene rings is 2. The molecule has 1 atom stereocenters. The third-order valence-electron chi connectivity index (χ3n) is 4.09. The van der Waals surface area contributed by atoms with Crippen LogP contribution in [0.1, 0.15) is 11.1 Å². The van der Waals surface area contributed by atoms with Gasteiger partial charge in [-0.25, -0.2) is 13.6 Å². The molecule has 1 saturated heterocycles. The van der Waals surface area contributed by atoms with Crippen LogP contribution in [0.4, 0.5) is 13.6 Å². The van der Waals surface area contributed by atoms with Gasteiger partial charge in [-0.2, -0.15) is 0 Å². The number of carbonyl (C=O) groups excluding carboxylic acids is 3. The molecule has 1 unspecified atom stereocenters. The van der Waals surface area contributed by atoms with Crippen LogP contribution in [0.2, 0.25) is 0 Å². The van der Waals surface area contributed by atoms with Crippen LogP contribution in [0.3, 0.4) is 0 Å². The minimum Gasteiger partial charge on any atom is -0.468 e. The van der Waals surface area contributed by atoms with Crippen molar-refractivity contribution in [2.24, 2.45) is 5.73 Å². The molecule has 156 valence electrons. The highest BCUT2D eigenvalue weighted by Gasteiger charge is 2.27. The summed E-state index contributed by atoms with van der Waals surface area (Å²) >= 11 is 0. The molecule has 1 fully saturated rings. The number of alkyl carbamates (subject to hydrolysis) is 1. The summed E-state index contributed by atoms with van der Waals surface area (Å²) in [7, 11) is 1.24. The molecule has 0 saturated carbocycles. The number of amides is 2. The maximum atomic E-state index is 14.3. The van der Waals surface area contributed by atoms with Crippen molar-refractivity contribution in [3.05, 3.63) is 64.9 Å². The van der Waals surface area contributed by atoms with Crippen LogP contribution in [0, 0.1) is 11.6 Å². The molecule has 0 aliphatic carbocycles. The van der Waals surface area contributed by atoms with Crippen LogP contribution in [0.25, 0.3) is 6.08 Å². The number of carbonyl (C=O) groups is 3. The van der Waals surface area contributed by atoms with E-state index in [0.717, 1.165) is 23.8 Å². The van der Waals surface area contributed by atoms with Crippen molar-refractivity contribution >= 4 is 24.0 Å². The molecule has 8 nitrogen and oxygen atoms in total. The Morgan fingerprint density at radius 2 is 1.80 bits per heavy atom. The second kappa shape index (κ2) is 8.70. The molecule has 1 heterocycles. The Bertz CT molecular complexity index is 1010. The van der Waals surface area contributed by atoms with Crippen LogP contribution in [-0.4, -0.2) is 31.1 Å². The Morgan fingerprint density at radius 1 is 1.17 bits per heavy atom. The second-order valence-corrected chi connectivity index (χ2v) is 6.23. The van der Waals surface area contributed by atoms with Gasteiger partial charge < -0.3 is 19.9 Å². The molecule has 10 heteroatoms. The highest BCUT2D eigenvalue weighted by atomic mass is 19.1. The zero-order valence-electron chi connectivity index (χ0n) is 15.6. The summed E-state index contributed by atoms with van der Waals surface area (Å²) in [5.41, 5.74) is 5.88. The van der Waals surface area contributed by atoms with E-state index < -0.39 is 47.0 Å². The number of methoxy groups -OCH3 is 1. The number of cyclic esters (lactones) is 1. The van der Waals surface area contributed by atoms with Gasteiger partial charge >= 0.3 is 12.1 Å². The molecule has 3 rings (SSSR count). The molecule has 2 amide bonds. The SMILES string of the molecule is COC(=O)C(N)Cc1ccc(Oc2cc(F)c(C=C3OC(=O)NC3=O)c(F)c2)cc1. The molecule has 0 radical (unpaired) electrons. The van der Waals surface area contributed by atoms with Gasteiger partial charge in [0.05, 0.1) is 12.7 Å². The van der Waals surface area contributed by atoms with E-state index in [1.165, 1.54) is 7.11 Å². The first-order valence-corrected chi connectivity index (χ1v) is 8.61. The van der Waals surface area contributed by atoms with Gasteiger partial charge in [-0.15, -0.1) is 0 Å². The highest BCUT2D eigenvalue weighted by Crippen LogP contribution is 2.28. The first kappa shape index (κ1) is 20.9. The molecule has 1 aliphatic rings. The average Bonchev–Trinajstić information content (AvgIpc) is 3.02. The van der Waals surface area contributed by atoms with Gasteiger partial charge in [0.2, 0.25) is 0 Å². The Labute approximate surface area is 169 Å². The predicted molar refractivity (Wildman–Crippen MR) is 99.2 cm³/mol. The molecular formula is C20H16F2N2O6. The normalized spacial score (nSPS) is 15.5. The van der Waals surface area contributed by atoms with Crippen molar-refractivity contribution in [2.45, 2.75) is 12.5 Å². The summed E-state index contributed by atoms with van der Waals surface area (Å²) in [4.78, 5) is 33.8. The Morgan fingerprint density at radius 3 is 2.33 bits per heavy atom. The van der Waals surface area contributed by atoms with Crippen molar-refractivity contribution in [3.63, 3.8) is 0 Å². The maximum Gasteiger partial charge on any atom is 0.419 e. The minimum absolute atomic E-state index is 0.126. The van der Waals surface area contributed by atoms with Gasteiger partial charge in [-0.1, -0.05) is 12.1 Å². The topological polar surface area (TPSA) is 117 Å². The van der Waals surface area contributed by atoms with Crippen LogP contribution in [-0.2, 0) is 25.5 Å². The zero-order valence-corrected chi connectivity index (χ0v) is 15.6. The van der Waals surface area contributed by atoms with Crippen LogP contribution < -0.4 is 15.8 Å². The van der Waals surface area contributed by atoms with E-state index >= 15 is 0 Å². The van der Waals surface area contributed by atoms with Crippen LogP contribution in [0.15, 0.2) is 42.2 Å². The quantitative estimate of drug-likeness (QED) is 0.547. The fraction of sp³-hybridized carbons (Fsp3) is 0.150. The number of hydrogen-bond donors (Lipinski definition) is 2. The summed E-state index contributed by atoms with van der Waals surface area (Å²) in [6, 6.07) is 7.43. The number of rotatable bonds is 6. The third-order valence-corrected chi connectivity index (χ3v) is 4.09. The molecule has 3 N–H and O–H groups in total. The first-order chi connectivity index (χ1) is 14.3. The molecule has 0 bridgehead atoms. The summed E-state index contributed by atoms with van der Waals surface area (Å²) in [5.74, 6) is -3.83. The van der Waals surface area contributed by atoms with E-state index in [4.69, 9.17) is 10.5 Å². The largest absolute Gasteiger partial charge is 0.468 e. The monoisotopic (exact) mass is 418 g/mol. The van der Waals surface area contributed by atoms with Gasteiger partial charge in [0.15, 0.2) is 5.76 Å². The maximum absolute atomic E-state index is 14.3. The summed E-state index contributed by atoms with van der Waals surface area (Å²) < 4.78 is 43.2. The van der Waals surface area contributed by atoms with E-state index in [0.29, 0.717) is 5.75 Å². The van der Waals surface area contributed by atoms with Gasteiger partial charge in [-0.3, -0.25) is 14.9 Å². The molecule has 1 aliphatic heterocycles. The fourth-order valence-corrected chi connectivity index (χ4v) is 2.63. The number of nitrogens with two attached hydrogens (primary N) is 1. The van der Waals surface area contributed by atoms with E-state index in [1.807, 2.05) is 5.32 Å². The lowest BCUT2D eigenvalue weighted by molar-refractivity contribution is -0.142. The molecule has 30 heavy (non-hydrogen) atoms. The van der Waals surface area contributed by atoms with Crippen molar-refractivity contribution in [3.8, 4) is 11.5 Å². The third kappa shape index (κ3) is 4.78. The van der Waals surface area contributed by atoms with E-state index in [-0.39, 0.29) is 12.2 Å². The van der Waals surface area contributed by atoms with E-state index in [1.54, 1.807) is 24.3 Å². The Hall–Kier alpha value is -3.79. The van der Waals surface area contributed by atoms with Gasteiger partial charge in [0.25, 0.3) is 5.91 Å². The zero-order chi connectivity index (χ0) is 21.8. The average molecular weight is 418 g/mol. The van der Waals surface area contributed by atoms with E-state index in [9.17, 15) is 23.2 Å². The van der Waals surface area contributed by atoms with Crippen LogP contribution >= 0.6 is 0 Å². The number of halogens is 2. The Balaban J connectivity index is 1.73. The highest BCUT2D eigenvalue weighted by molar-refractivity contribution is 6.09. The van der Waals surface area contributed by atoms with Crippen molar-refractivity contribution in [2.75, 3.05) is 7.11 Å². The number of hydrogen-bond acceptors (Lipinski definition) is 7. The molecule has 2 aromatic rings. The molecular weight excluding hydrogens is 402 g/mol. The van der Waals surface area contributed by atoms with Crippen molar-refractivity contribution < 1.29 is 37.4 Å². The molecule has 2 aromatic carbocycles. The first-order valence-electron chi connectivity index (χ1n) is 8.61. The van der Waals surface area contributed by atoms with Gasteiger partial charge in [0, 0.05) is 12.1 Å². The smallest absolute Gasteiger partial charge is 0.419 e. The summed E-state index contributed by atoms with van der Waals surface area (Å²) in [6.45, 7) is 0. The van der Waals surface area contributed by atoms with Gasteiger partial charge in [-0.05, 0) is 30.2 Å². The lowest BCUT2D eigenvalue weighted by Crippen LogP contribution is -2.33. The number of ether oxygens (including phenoxy) is 3. The van der Waals surface area contributed by atoms with Gasteiger partial charge in [0.1, 0.15) is 29.2 Å². The standard InChI is InChI=1S/C20H16F2N2O6/c1-28-19(26)16(23)6-10-2-4-11(5-3-10)29-12-7-14(21)13(15(22)8-12)9-17-18(25)24-20(27)30-17/h2-5,7-9,16H,6,23H2,1H3,(H,24,25,27). The number of esters is 1. The predicted octanol–water partition coefficient (Wildman–Crippen LogP) is 2.41. The summed E-state index contributed by atoms with van der Waals surface area (Å²) in [5, 5.41) is 1.82. The lowest BCUT2D eigenvalue weighted by atomic mass is 10.1. The number of imide groups is 1. The van der Waals surface area contributed by atoms with E-state index in [2.05, 4.69) is 9.47 Å². The summed E-state index contributed by atoms with van der Waals surface area (Å²) in [6.07, 6.45) is 0.00849. The fourth-order valence-electron chi connectivity index (χ4n) is 2.63. The molecule has 0 aromatic heterocycles. The number of nitrogens with one attached hydrogen (secondary N) is 1.